The Kier molecular flexibility index (Phi) is 4.61. The number of unbranched alkanes of at least 4 members (excludes halogenated alkanes) is 1. The van der Waals surface area contributed by atoms with Crippen molar-refractivity contribution in [1.29, 1.82) is 0 Å². The van der Waals surface area contributed by atoms with Crippen LogP contribution in [0.2, 0.25) is 6.32 Å². The summed E-state index contributed by atoms with van der Waals surface area (Å²) >= 11 is 0. The van der Waals surface area contributed by atoms with Gasteiger partial charge in [-0.15, -0.1) is 0 Å². The van der Waals surface area contributed by atoms with E-state index in [0.29, 0.717) is 6.32 Å². The van der Waals surface area contributed by atoms with E-state index >= 15 is 0 Å². The standard InChI is InChI=1S/C9H16BNO4/c1-3-4-5-10-14-8(12)6-11(2)7-9(13)15-10/h3-7H2,1-2H3. The van der Waals surface area contributed by atoms with E-state index in [1.165, 1.54) is 0 Å². The first-order valence-electron chi connectivity index (χ1n) is 5.19. The summed E-state index contributed by atoms with van der Waals surface area (Å²) in [4.78, 5) is 24.1. The number of hydrogen-bond acceptors (Lipinski definition) is 5. The van der Waals surface area contributed by atoms with Gasteiger partial charge in [0, 0.05) is 6.32 Å². The van der Waals surface area contributed by atoms with Crippen LogP contribution in [0.1, 0.15) is 19.8 Å². The average molecular weight is 213 g/mol. The fourth-order valence-electron chi connectivity index (χ4n) is 1.38. The summed E-state index contributed by atoms with van der Waals surface area (Å²) in [7, 11) is 0.980. The third-order valence-corrected chi connectivity index (χ3v) is 2.12. The molecule has 1 rings (SSSR count). The number of hydrogen-bond donors (Lipinski definition) is 0. The quantitative estimate of drug-likeness (QED) is 0.631. The minimum absolute atomic E-state index is 0.137. The molecule has 6 heteroatoms. The lowest BCUT2D eigenvalue weighted by molar-refractivity contribution is -0.145. The molecule has 0 atom stereocenters. The van der Waals surface area contributed by atoms with E-state index in [2.05, 4.69) is 0 Å². The van der Waals surface area contributed by atoms with Crippen LogP contribution in [0.4, 0.5) is 0 Å². The average Bonchev–Trinajstić information content (AvgIpc) is 2.11. The Balaban J connectivity index is 2.50. The van der Waals surface area contributed by atoms with E-state index in [1.807, 2.05) is 6.92 Å². The largest absolute Gasteiger partial charge is 0.598 e. The van der Waals surface area contributed by atoms with E-state index in [-0.39, 0.29) is 25.0 Å². The maximum absolute atomic E-state index is 11.3. The van der Waals surface area contributed by atoms with Crippen LogP contribution in [0.5, 0.6) is 0 Å². The van der Waals surface area contributed by atoms with Gasteiger partial charge in [-0.25, -0.2) is 0 Å². The van der Waals surface area contributed by atoms with Crippen molar-refractivity contribution in [3.05, 3.63) is 0 Å². The van der Waals surface area contributed by atoms with Gasteiger partial charge < -0.3 is 9.31 Å². The third-order valence-electron chi connectivity index (χ3n) is 2.12. The lowest BCUT2D eigenvalue weighted by atomic mass is 9.82. The van der Waals surface area contributed by atoms with Crippen molar-refractivity contribution < 1.29 is 18.9 Å². The van der Waals surface area contributed by atoms with Crippen molar-refractivity contribution in [2.45, 2.75) is 26.1 Å². The van der Waals surface area contributed by atoms with Crippen molar-refractivity contribution in [2.24, 2.45) is 0 Å². The molecule has 0 saturated carbocycles. The van der Waals surface area contributed by atoms with Crippen molar-refractivity contribution >= 4 is 19.1 Å². The molecule has 1 aliphatic rings. The summed E-state index contributed by atoms with van der Waals surface area (Å²) in [5, 5.41) is 0. The Bertz CT molecular complexity index is 226. The zero-order chi connectivity index (χ0) is 11.3. The number of rotatable bonds is 3. The fraction of sp³-hybridized carbons (Fsp3) is 0.778. The fourth-order valence-corrected chi connectivity index (χ4v) is 1.38. The van der Waals surface area contributed by atoms with Gasteiger partial charge in [0.05, 0.1) is 13.1 Å². The smallest absolute Gasteiger partial charge is 0.498 e. The molecule has 0 bridgehead atoms. The highest BCUT2D eigenvalue weighted by molar-refractivity contribution is 6.49. The number of likely N-dealkylation sites (N-methyl/N-ethyl adjacent to an activating group) is 1. The molecule has 84 valence electrons. The van der Waals surface area contributed by atoms with Crippen LogP contribution in [0, 0.1) is 0 Å². The van der Waals surface area contributed by atoms with E-state index in [9.17, 15) is 9.59 Å². The molecule has 1 saturated heterocycles. The molecule has 0 N–H and O–H groups in total. The Morgan fingerprint density at radius 1 is 1.27 bits per heavy atom. The second-order valence-corrected chi connectivity index (χ2v) is 3.72. The molecule has 5 nitrogen and oxygen atoms in total. The summed E-state index contributed by atoms with van der Waals surface area (Å²) < 4.78 is 10.0. The maximum Gasteiger partial charge on any atom is 0.598 e. The first kappa shape index (κ1) is 12.0. The molecule has 0 aromatic rings. The van der Waals surface area contributed by atoms with E-state index in [0.717, 1.165) is 12.8 Å². The van der Waals surface area contributed by atoms with E-state index in [4.69, 9.17) is 9.31 Å². The minimum Gasteiger partial charge on any atom is -0.498 e. The van der Waals surface area contributed by atoms with Gasteiger partial charge in [-0.1, -0.05) is 19.8 Å². The SMILES string of the molecule is CCCCB1OC(=O)CN(C)CC(=O)O1. The highest BCUT2D eigenvalue weighted by Gasteiger charge is 2.30. The zero-order valence-corrected chi connectivity index (χ0v) is 9.19. The van der Waals surface area contributed by atoms with Gasteiger partial charge in [0.25, 0.3) is 0 Å². The van der Waals surface area contributed by atoms with Crippen LogP contribution in [-0.2, 0) is 18.9 Å². The van der Waals surface area contributed by atoms with Crippen LogP contribution in [-0.4, -0.2) is 44.1 Å². The monoisotopic (exact) mass is 213 g/mol. The van der Waals surface area contributed by atoms with Crippen molar-refractivity contribution in [1.82, 2.24) is 4.90 Å². The van der Waals surface area contributed by atoms with Gasteiger partial charge in [0.1, 0.15) is 0 Å². The summed E-state index contributed by atoms with van der Waals surface area (Å²) in [5.41, 5.74) is 0. The summed E-state index contributed by atoms with van der Waals surface area (Å²) in [5.74, 6) is -0.683. The second kappa shape index (κ2) is 5.75. The van der Waals surface area contributed by atoms with Crippen LogP contribution >= 0.6 is 0 Å². The van der Waals surface area contributed by atoms with Crippen molar-refractivity contribution in [3.8, 4) is 0 Å². The Morgan fingerprint density at radius 2 is 1.80 bits per heavy atom. The van der Waals surface area contributed by atoms with E-state index in [1.54, 1.807) is 11.9 Å². The van der Waals surface area contributed by atoms with Gasteiger partial charge >= 0.3 is 19.1 Å². The van der Waals surface area contributed by atoms with Gasteiger partial charge in [0.2, 0.25) is 0 Å². The molecule has 1 heterocycles. The number of nitrogens with zero attached hydrogens (tertiary/aromatic N) is 1. The normalized spacial score (nSPS) is 19.2. The first-order valence-corrected chi connectivity index (χ1v) is 5.19. The molecular weight excluding hydrogens is 197 g/mol. The minimum atomic E-state index is -0.696. The molecule has 0 aliphatic carbocycles. The third kappa shape index (κ3) is 4.33. The van der Waals surface area contributed by atoms with Gasteiger partial charge in [-0.05, 0) is 7.05 Å². The molecule has 1 aliphatic heterocycles. The van der Waals surface area contributed by atoms with E-state index < -0.39 is 7.12 Å². The highest BCUT2D eigenvalue weighted by atomic mass is 16.6. The molecule has 0 spiro atoms. The number of carbonyl (C=O) groups is 2. The topological polar surface area (TPSA) is 55.8 Å². The van der Waals surface area contributed by atoms with Crippen molar-refractivity contribution in [3.63, 3.8) is 0 Å². The van der Waals surface area contributed by atoms with Crippen LogP contribution < -0.4 is 0 Å². The molecule has 15 heavy (non-hydrogen) atoms. The molecule has 0 aromatic heterocycles. The predicted molar refractivity (Wildman–Crippen MR) is 55.2 cm³/mol. The zero-order valence-electron chi connectivity index (χ0n) is 9.19. The van der Waals surface area contributed by atoms with Crippen LogP contribution in [0.25, 0.3) is 0 Å². The second-order valence-electron chi connectivity index (χ2n) is 3.72. The lowest BCUT2D eigenvalue weighted by Crippen LogP contribution is -2.42. The summed E-state index contributed by atoms with van der Waals surface area (Å²) in [6.45, 7) is 2.30. The molecule has 0 radical (unpaired) electrons. The number of carbonyl (C=O) groups excluding carboxylic acids is 2. The first-order chi connectivity index (χ1) is 7.11. The molecule has 1 fully saturated rings. The Hall–Kier alpha value is -1.04. The summed E-state index contributed by atoms with van der Waals surface area (Å²) in [6.07, 6.45) is 2.43. The van der Waals surface area contributed by atoms with Crippen LogP contribution in [0.15, 0.2) is 0 Å². The van der Waals surface area contributed by atoms with Crippen LogP contribution in [0.3, 0.4) is 0 Å². The predicted octanol–water partition coefficient (Wildman–Crippen LogP) is 0.306. The van der Waals surface area contributed by atoms with Gasteiger partial charge in [-0.2, -0.15) is 0 Å². The van der Waals surface area contributed by atoms with Crippen molar-refractivity contribution in [2.75, 3.05) is 20.1 Å². The summed E-state index contributed by atoms with van der Waals surface area (Å²) in [6, 6.07) is 0. The maximum atomic E-state index is 11.3. The Labute approximate surface area is 89.9 Å². The molecule has 0 amide bonds. The molecule has 0 aromatic carbocycles. The Morgan fingerprint density at radius 3 is 2.27 bits per heavy atom. The van der Waals surface area contributed by atoms with Gasteiger partial charge in [0.15, 0.2) is 0 Å². The molecular formula is C9H16BNO4. The lowest BCUT2D eigenvalue weighted by Gasteiger charge is -2.22. The molecule has 0 unspecified atom stereocenters. The highest BCUT2D eigenvalue weighted by Crippen LogP contribution is 2.07. The van der Waals surface area contributed by atoms with Gasteiger partial charge in [-0.3, -0.25) is 14.5 Å².